The van der Waals surface area contributed by atoms with Gasteiger partial charge in [0, 0.05) is 12.6 Å². The van der Waals surface area contributed by atoms with Crippen LogP contribution < -0.4 is 0 Å². The number of thiazole rings is 1. The maximum Gasteiger partial charge on any atom is 0.175 e. The smallest absolute Gasteiger partial charge is 0.175 e. The quantitative estimate of drug-likeness (QED) is 0.797. The van der Waals surface area contributed by atoms with Crippen molar-refractivity contribution in [1.82, 2.24) is 9.97 Å². The summed E-state index contributed by atoms with van der Waals surface area (Å²) in [5, 5.41) is 1.31. The first-order valence-electron chi connectivity index (χ1n) is 6.10. The molecular formula is C14H13ClN2OS. The Hall–Kier alpha value is -1.26. The Morgan fingerprint density at radius 2 is 2.16 bits per heavy atom. The molecule has 0 bridgehead atoms. The van der Waals surface area contributed by atoms with E-state index >= 15 is 0 Å². The summed E-state index contributed by atoms with van der Waals surface area (Å²) in [6, 6.07) is 3.57. The van der Waals surface area contributed by atoms with Gasteiger partial charge in [-0.2, -0.15) is 0 Å². The maximum atomic E-state index is 12.1. The topological polar surface area (TPSA) is 42.9 Å². The molecule has 19 heavy (non-hydrogen) atoms. The van der Waals surface area contributed by atoms with E-state index in [0.29, 0.717) is 17.1 Å². The van der Waals surface area contributed by atoms with Crippen LogP contribution in [0.25, 0.3) is 10.7 Å². The number of pyridine rings is 1. The van der Waals surface area contributed by atoms with Crippen LogP contribution in [-0.4, -0.2) is 15.8 Å². The minimum Gasteiger partial charge on any atom is -0.293 e. The van der Waals surface area contributed by atoms with Crippen molar-refractivity contribution in [3.8, 4) is 10.7 Å². The molecule has 3 nitrogen and oxygen atoms in total. The fourth-order valence-corrected chi connectivity index (χ4v) is 3.66. The predicted octanol–water partition coefficient (Wildman–Crippen LogP) is 4.01. The van der Waals surface area contributed by atoms with Gasteiger partial charge in [0.1, 0.15) is 10.7 Å². The Morgan fingerprint density at radius 3 is 2.89 bits per heavy atom. The summed E-state index contributed by atoms with van der Waals surface area (Å²) >= 11 is 7.54. The number of halogens is 1. The van der Waals surface area contributed by atoms with Gasteiger partial charge < -0.3 is 0 Å². The number of hydrogen-bond acceptors (Lipinski definition) is 4. The third kappa shape index (κ3) is 2.30. The van der Waals surface area contributed by atoms with Gasteiger partial charge in [-0.05, 0) is 24.0 Å². The molecule has 0 fully saturated rings. The van der Waals surface area contributed by atoms with E-state index in [2.05, 4.69) is 23.8 Å². The normalized spacial score (nSPS) is 17.3. The molecule has 0 aliphatic heterocycles. The number of fused-ring (bicyclic) bond motifs is 1. The summed E-state index contributed by atoms with van der Waals surface area (Å²) in [7, 11) is 0. The van der Waals surface area contributed by atoms with Gasteiger partial charge in [0.2, 0.25) is 0 Å². The lowest BCUT2D eigenvalue weighted by Gasteiger charge is -2.26. The van der Waals surface area contributed by atoms with Crippen LogP contribution in [0.5, 0.6) is 0 Å². The fraction of sp³-hybridized carbons (Fsp3) is 0.357. The molecule has 2 aromatic heterocycles. The molecule has 0 N–H and O–H groups in total. The lowest BCUT2D eigenvalue weighted by atomic mass is 9.78. The van der Waals surface area contributed by atoms with Crippen molar-refractivity contribution < 1.29 is 4.79 Å². The Morgan fingerprint density at radius 1 is 1.37 bits per heavy atom. The summed E-state index contributed by atoms with van der Waals surface area (Å²) in [5.74, 6) is 0.182. The van der Waals surface area contributed by atoms with Crippen LogP contribution >= 0.6 is 22.9 Å². The second-order valence-electron chi connectivity index (χ2n) is 5.57. The van der Waals surface area contributed by atoms with E-state index < -0.39 is 0 Å². The van der Waals surface area contributed by atoms with E-state index in [0.717, 1.165) is 22.0 Å². The average Bonchev–Trinajstić information content (AvgIpc) is 2.71. The molecule has 0 radical (unpaired) electrons. The maximum absolute atomic E-state index is 12.1. The Kier molecular flexibility index (Phi) is 2.95. The second-order valence-corrected chi connectivity index (χ2v) is 6.98. The second kappa shape index (κ2) is 4.39. The predicted molar refractivity (Wildman–Crippen MR) is 76.8 cm³/mol. The molecule has 0 amide bonds. The van der Waals surface area contributed by atoms with Gasteiger partial charge in [-0.25, -0.2) is 4.98 Å². The van der Waals surface area contributed by atoms with Crippen LogP contribution in [-0.2, 0) is 6.42 Å². The summed E-state index contributed by atoms with van der Waals surface area (Å²) in [4.78, 5) is 21.8. The average molecular weight is 293 g/mol. The molecule has 98 valence electrons. The summed E-state index contributed by atoms with van der Waals surface area (Å²) in [6.45, 7) is 4.20. The molecule has 0 saturated carbocycles. The number of rotatable bonds is 1. The molecule has 5 heteroatoms. The van der Waals surface area contributed by atoms with Crippen LogP contribution in [0.3, 0.4) is 0 Å². The van der Waals surface area contributed by atoms with Crippen molar-refractivity contribution in [2.75, 3.05) is 0 Å². The number of nitrogens with zero attached hydrogens (tertiary/aromatic N) is 2. The van der Waals surface area contributed by atoms with Gasteiger partial charge in [0.25, 0.3) is 0 Å². The Labute approximate surface area is 120 Å². The fourth-order valence-electron chi connectivity index (χ4n) is 2.36. The molecule has 2 heterocycles. The molecule has 1 aliphatic carbocycles. The highest BCUT2D eigenvalue weighted by Crippen LogP contribution is 2.40. The van der Waals surface area contributed by atoms with E-state index in [1.807, 2.05) is 0 Å². The molecule has 1 aliphatic rings. The van der Waals surface area contributed by atoms with Crippen molar-refractivity contribution >= 4 is 28.7 Å². The van der Waals surface area contributed by atoms with Gasteiger partial charge in [-0.15, -0.1) is 11.3 Å². The van der Waals surface area contributed by atoms with Crippen molar-refractivity contribution in [3.05, 3.63) is 33.9 Å². The molecule has 0 unspecified atom stereocenters. The third-order valence-corrected chi connectivity index (χ3v) is 4.65. The first kappa shape index (κ1) is 12.8. The minimum absolute atomic E-state index is 0.0106. The highest BCUT2D eigenvalue weighted by Gasteiger charge is 2.34. The largest absolute Gasteiger partial charge is 0.293 e. The number of carbonyl (C=O) groups is 1. The van der Waals surface area contributed by atoms with Crippen LogP contribution in [0.1, 0.15) is 35.6 Å². The van der Waals surface area contributed by atoms with Gasteiger partial charge in [-0.1, -0.05) is 25.4 Å². The standard InChI is InChI=1S/C14H13ClN2OS/c1-14(2)6-9-12(10(18)7-14)19-13(17-9)11-8(15)4-3-5-16-11/h3-5H,6-7H2,1-2H3. The lowest BCUT2D eigenvalue weighted by Crippen LogP contribution is -2.25. The van der Waals surface area contributed by atoms with Gasteiger partial charge in [0.15, 0.2) is 5.78 Å². The first-order chi connectivity index (χ1) is 8.96. The van der Waals surface area contributed by atoms with E-state index in [1.165, 1.54) is 11.3 Å². The van der Waals surface area contributed by atoms with E-state index in [-0.39, 0.29) is 11.2 Å². The number of ketones is 1. The molecule has 0 spiro atoms. The SMILES string of the molecule is CC1(C)CC(=O)c2sc(-c3ncccc3Cl)nc2C1. The van der Waals surface area contributed by atoms with Crippen molar-refractivity contribution in [2.24, 2.45) is 5.41 Å². The first-order valence-corrected chi connectivity index (χ1v) is 7.29. The van der Waals surface area contributed by atoms with E-state index in [4.69, 9.17) is 11.6 Å². The molecule has 0 aromatic carbocycles. The van der Waals surface area contributed by atoms with Gasteiger partial charge >= 0.3 is 0 Å². The van der Waals surface area contributed by atoms with E-state index in [9.17, 15) is 4.79 Å². The minimum atomic E-state index is -0.0106. The zero-order valence-corrected chi connectivity index (χ0v) is 12.3. The highest BCUT2D eigenvalue weighted by atomic mass is 35.5. The zero-order valence-electron chi connectivity index (χ0n) is 10.7. The molecule has 0 saturated heterocycles. The Bertz CT molecular complexity index is 663. The molecule has 3 rings (SSSR count). The monoisotopic (exact) mass is 292 g/mol. The van der Waals surface area contributed by atoms with Crippen LogP contribution in [0.15, 0.2) is 18.3 Å². The third-order valence-electron chi connectivity index (χ3n) is 3.20. The molecule has 2 aromatic rings. The van der Waals surface area contributed by atoms with Crippen LogP contribution in [0.4, 0.5) is 0 Å². The zero-order chi connectivity index (χ0) is 13.6. The van der Waals surface area contributed by atoms with Crippen LogP contribution in [0.2, 0.25) is 5.02 Å². The molecular weight excluding hydrogens is 280 g/mol. The summed E-state index contributed by atoms with van der Waals surface area (Å²) in [6.07, 6.45) is 3.10. The summed E-state index contributed by atoms with van der Waals surface area (Å²) < 4.78 is 0. The Balaban J connectivity index is 2.09. The molecule has 0 atom stereocenters. The number of aromatic nitrogens is 2. The highest BCUT2D eigenvalue weighted by molar-refractivity contribution is 7.17. The van der Waals surface area contributed by atoms with Gasteiger partial charge in [0.05, 0.1) is 15.6 Å². The van der Waals surface area contributed by atoms with E-state index in [1.54, 1.807) is 18.3 Å². The number of carbonyl (C=O) groups excluding carboxylic acids is 1. The van der Waals surface area contributed by atoms with Crippen LogP contribution in [0, 0.1) is 5.41 Å². The van der Waals surface area contributed by atoms with Crippen molar-refractivity contribution in [3.63, 3.8) is 0 Å². The lowest BCUT2D eigenvalue weighted by molar-refractivity contribution is 0.0916. The van der Waals surface area contributed by atoms with Crippen molar-refractivity contribution in [2.45, 2.75) is 26.7 Å². The number of Topliss-reactive ketones (excluding diaryl/α,β-unsaturated/α-hetero) is 1. The number of hydrogen-bond donors (Lipinski definition) is 0. The van der Waals surface area contributed by atoms with Gasteiger partial charge in [-0.3, -0.25) is 9.78 Å². The summed E-state index contributed by atoms with van der Waals surface area (Å²) in [5.41, 5.74) is 1.54. The van der Waals surface area contributed by atoms with Crippen molar-refractivity contribution in [1.29, 1.82) is 0 Å².